The van der Waals surface area contributed by atoms with Crippen molar-refractivity contribution in [2.24, 2.45) is 5.73 Å². The number of ether oxygens (including phenoxy) is 2. The van der Waals surface area contributed by atoms with Gasteiger partial charge in [-0.3, -0.25) is 9.52 Å². The van der Waals surface area contributed by atoms with Gasteiger partial charge in [0.05, 0.1) is 19.5 Å². The molecule has 8 nitrogen and oxygen atoms in total. The predicted molar refractivity (Wildman–Crippen MR) is 104 cm³/mol. The van der Waals surface area contributed by atoms with E-state index in [0.29, 0.717) is 22.7 Å². The van der Waals surface area contributed by atoms with E-state index >= 15 is 0 Å². The Morgan fingerprint density at radius 1 is 1.04 bits per heavy atom. The summed E-state index contributed by atoms with van der Waals surface area (Å²) < 4.78 is 37.0. The van der Waals surface area contributed by atoms with Gasteiger partial charge < -0.3 is 20.5 Å². The van der Waals surface area contributed by atoms with Crippen molar-refractivity contribution in [1.29, 1.82) is 0 Å². The number of carbonyl (C=O) groups is 1. The Morgan fingerprint density at radius 3 is 2.19 bits per heavy atom. The fourth-order valence-corrected chi connectivity index (χ4v) is 3.47. The highest BCUT2D eigenvalue weighted by atomic mass is 32.2. The summed E-state index contributed by atoms with van der Waals surface area (Å²) in [5, 5.41) is 2.65. The van der Waals surface area contributed by atoms with E-state index in [2.05, 4.69) is 10.0 Å². The normalized spacial score (nSPS) is 12.3. The lowest BCUT2D eigenvalue weighted by Gasteiger charge is -2.12. The molecular formula is C18H23N3O5S. The van der Waals surface area contributed by atoms with Crippen molar-refractivity contribution < 1.29 is 22.7 Å². The minimum atomic E-state index is -3.58. The van der Waals surface area contributed by atoms with E-state index in [4.69, 9.17) is 15.2 Å². The zero-order valence-electron chi connectivity index (χ0n) is 15.1. The molecule has 0 spiro atoms. The van der Waals surface area contributed by atoms with Crippen LogP contribution in [-0.2, 0) is 25.3 Å². The first-order valence-electron chi connectivity index (χ1n) is 8.12. The van der Waals surface area contributed by atoms with Crippen LogP contribution < -0.4 is 20.5 Å². The van der Waals surface area contributed by atoms with Crippen LogP contribution in [0.3, 0.4) is 0 Å². The van der Waals surface area contributed by atoms with E-state index in [1.54, 1.807) is 48.5 Å². The van der Waals surface area contributed by atoms with E-state index in [0.717, 1.165) is 0 Å². The van der Waals surface area contributed by atoms with Crippen molar-refractivity contribution in [3.63, 3.8) is 0 Å². The second kappa shape index (κ2) is 9.36. The fourth-order valence-electron chi connectivity index (χ4n) is 2.27. The molecule has 2 rings (SSSR count). The second-order valence-electron chi connectivity index (χ2n) is 5.84. The number of nitrogens with two attached hydrogens (primary N) is 1. The fraction of sp³-hybridized carbons (Fsp3) is 0.278. The third kappa shape index (κ3) is 6.55. The summed E-state index contributed by atoms with van der Waals surface area (Å²) in [6, 6.07) is 12.3. The van der Waals surface area contributed by atoms with Gasteiger partial charge in [-0.25, -0.2) is 8.42 Å². The van der Waals surface area contributed by atoms with Gasteiger partial charge in [-0.1, -0.05) is 12.1 Å². The summed E-state index contributed by atoms with van der Waals surface area (Å²) in [5.74, 6) is 0.0652. The van der Waals surface area contributed by atoms with Crippen LogP contribution in [0.1, 0.15) is 5.56 Å². The number of hydrogen-bond donors (Lipinski definition) is 3. The molecule has 0 fully saturated rings. The first kappa shape index (κ1) is 20.7. The third-order valence-electron chi connectivity index (χ3n) is 3.62. The number of rotatable bonds is 9. The summed E-state index contributed by atoms with van der Waals surface area (Å²) in [6.45, 7) is 0.110. The molecule has 0 aliphatic rings. The standard InChI is InChI=1S/C18H23N3O5S/c1-25-11-17(19)18(22)20-14-5-3-13(4-6-14)12-27(23,24)21-15-7-9-16(26-2)10-8-15/h3-10,17,21H,11-12,19H2,1-2H3,(H,20,22). The molecular weight excluding hydrogens is 370 g/mol. The number of hydrogen-bond acceptors (Lipinski definition) is 6. The van der Waals surface area contributed by atoms with E-state index < -0.39 is 16.1 Å². The molecule has 0 aliphatic carbocycles. The van der Waals surface area contributed by atoms with Crippen molar-refractivity contribution in [2.75, 3.05) is 30.9 Å². The molecule has 1 atom stereocenters. The number of nitrogens with one attached hydrogen (secondary N) is 2. The minimum absolute atomic E-state index is 0.110. The average molecular weight is 393 g/mol. The highest BCUT2D eigenvalue weighted by molar-refractivity contribution is 7.91. The summed E-state index contributed by atoms with van der Waals surface area (Å²) in [5.41, 5.74) is 7.20. The van der Waals surface area contributed by atoms with Crippen LogP contribution in [0.15, 0.2) is 48.5 Å². The zero-order valence-corrected chi connectivity index (χ0v) is 16.0. The molecule has 146 valence electrons. The van der Waals surface area contributed by atoms with Crippen LogP contribution in [-0.4, -0.2) is 41.2 Å². The molecule has 0 saturated heterocycles. The lowest BCUT2D eigenvalue weighted by atomic mass is 10.2. The number of benzene rings is 2. The van der Waals surface area contributed by atoms with Gasteiger partial charge in [0.2, 0.25) is 15.9 Å². The molecule has 2 aromatic carbocycles. The summed E-state index contributed by atoms with van der Waals surface area (Å²) in [7, 11) is -0.580. The zero-order chi connectivity index (χ0) is 19.9. The van der Waals surface area contributed by atoms with Crippen LogP contribution >= 0.6 is 0 Å². The van der Waals surface area contributed by atoms with Crippen molar-refractivity contribution in [2.45, 2.75) is 11.8 Å². The van der Waals surface area contributed by atoms with Crippen LogP contribution in [0.4, 0.5) is 11.4 Å². The number of sulfonamides is 1. The smallest absolute Gasteiger partial charge is 0.243 e. The van der Waals surface area contributed by atoms with Gasteiger partial charge in [0.15, 0.2) is 0 Å². The van der Waals surface area contributed by atoms with Gasteiger partial charge >= 0.3 is 0 Å². The largest absolute Gasteiger partial charge is 0.497 e. The molecule has 0 bridgehead atoms. The van der Waals surface area contributed by atoms with E-state index in [9.17, 15) is 13.2 Å². The van der Waals surface area contributed by atoms with Crippen molar-refractivity contribution in [3.8, 4) is 5.75 Å². The molecule has 4 N–H and O–H groups in total. The molecule has 0 saturated carbocycles. The molecule has 1 amide bonds. The van der Waals surface area contributed by atoms with Gasteiger partial charge in [0.1, 0.15) is 11.8 Å². The monoisotopic (exact) mass is 393 g/mol. The molecule has 27 heavy (non-hydrogen) atoms. The minimum Gasteiger partial charge on any atom is -0.497 e. The number of methoxy groups -OCH3 is 2. The predicted octanol–water partition coefficient (Wildman–Crippen LogP) is 1.55. The van der Waals surface area contributed by atoms with Crippen molar-refractivity contribution in [1.82, 2.24) is 0 Å². The van der Waals surface area contributed by atoms with Crippen LogP contribution in [0, 0.1) is 0 Å². The molecule has 0 radical (unpaired) electrons. The molecule has 9 heteroatoms. The number of amides is 1. The Morgan fingerprint density at radius 2 is 1.63 bits per heavy atom. The first-order chi connectivity index (χ1) is 12.8. The van der Waals surface area contributed by atoms with E-state index in [1.165, 1.54) is 14.2 Å². The Kier molecular flexibility index (Phi) is 7.17. The Hall–Kier alpha value is -2.62. The van der Waals surface area contributed by atoms with Gasteiger partial charge in [-0.15, -0.1) is 0 Å². The maximum Gasteiger partial charge on any atom is 0.243 e. The maximum atomic E-state index is 12.3. The topological polar surface area (TPSA) is 120 Å². The number of carbonyl (C=O) groups excluding carboxylic acids is 1. The summed E-state index contributed by atoms with van der Waals surface area (Å²) in [6.07, 6.45) is 0. The van der Waals surface area contributed by atoms with E-state index in [-0.39, 0.29) is 18.3 Å². The Bertz CT molecular complexity index is 852. The first-order valence-corrected chi connectivity index (χ1v) is 9.77. The molecule has 0 heterocycles. The lowest BCUT2D eigenvalue weighted by molar-refractivity contribution is -0.118. The van der Waals surface area contributed by atoms with Gasteiger partial charge in [0.25, 0.3) is 0 Å². The SMILES string of the molecule is COCC(N)C(=O)Nc1ccc(CS(=O)(=O)Nc2ccc(OC)cc2)cc1. The average Bonchev–Trinajstić information content (AvgIpc) is 2.63. The number of anilines is 2. The van der Waals surface area contributed by atoms with Crippen molar-refractivity contribution >= 4 is 27.3 Å². The molecule has 1 unspecified atom stereocenters. The summed E-state index contributed by atoms with van der Waals surface area (Å²) in [4.78, 5) is 11.8. The van der Waals surface area contributed by atoms with Crippen LogP contribution in [0.25, 0.3) is 0 Å². The highest BCUT2D eigenvalue weighted by Gasteiger charge is 2.14. The van der Waals surface area contributed by atoms with Gasteiger partial charge in [0, 0.05) is 18.5 Å². The molecule has 0 aliphatic heterocycles. The van der Waals surface area contributed by atoms with E-state index in [1.807, 2.05) is 0 Å². The van der Waals surface area contributed by atoms with Crippen LogP contribution in [0.2, 0.25) is 0 Å². The lowest BCUT2D eigenvalue weighted by Crippen LogP contribution is -2.39. The van der Waals surface area contributed by atoms with Crippen molar-refractivity contribution in [3.05, 3.63) is 54.1 Å². The quantitative estimate of drug-likeness (QED) is 0.595. The Labute approximate surface area is 158 Å². The maximum absolute atomic E-state index is 12.3. The molecule has 0 aromatic heterocycles. The summed E-state index contributed by atoms with van der Waals surface area (Å²) >= 11 is 0. The third-order valence-corrected chi connectivity index (χ3v) is 4.88. The highest BCUT2D eigenvalue weighted by Crippen LogP contribution is 2.18. The van der Waals surface area contributed by atoms with Gasteiger partial charge in [-0.2, -0.15) is 0 Å². The Balaban J connectivity index is 1.96. The second-order valence-corrected chi connectivity index (χ2v) is 7.56. The van der Waals surface area contributed by atoms with Gasteiger partial charge in [-0.05, 0) is 42.0 Å². The van der Waals surface area contributed by atoms with Crippen LogP contribution in [0.5, 0.6) is 5.75 Å². The molecule has 2 aromatic rings.